The Bertz CT molecular complexity index is 795. The number of hydrogen-bond acceptors (Lipinski definition) is 3. The summed E-state index contributed by atoms with van der Waals surface area (Å²) in [5, 5.41) is 4.11. The molecule has 2 aromatic rings. The lowest BCUT2D eigenvalue weighted by molar-refractivity contribution is 0.129. The summed E-state index contributed by atoms with van der Waals surface area (Å²) in [5.74, 6) is 0. The number of rotatable bonds is 1. The third-order valence-electron chi connectivity index (χ3n) is 5.89. The van der Waals surface area contributed by atoms with Gasteiger partial charge in [-0.3, -0.25) is 4.98 Å². The number of amides is 2. The summed E-state index contributed by atoms with van der Waals surface area (Å²) in [7, 11) is 2.18. The number of benzene rings is 1. The normalized spacial score (nSPS) is 20.3. The number of piperidine rings is 1. The molecule has 25 heavy (non-hydrogen) atoms. The molecular weight excluding hydrogens is 312 g/mol. The van der Waals surface area contributed by atoms with Crippen molar-refractivity contribution in [3.8, 4) is 0 Å². The number of anilines is 1. The lowest BCUT2D eigenvalue weighted by Gasteiger charge is -2.37. The van der Waals surface area contributed by atoms with Gasteiger partial charge in [0.1, 0.15) is 0 Å². The van der Waals surface area contributed by atoms with Gasteiger partial charge in [-0.2, -0.15) is 0 Å². The second kappa shape index (κ2) is 6.30. The first-order chi connectivity index (χ1) is 12.0. The molecular formula is C20H26N4O. The van der Waals surface area contributed by atoms with Crippen molar-refractivity contribution >= 4 is 22.6 Å². The lowest BCUT2D eigenvalue weighted by Crippen LogP contribution is -2.41. The fourth-order valence-corrected chi connectivity index (χ4v) is 4.17. The fraction of sp³-hybridized carbons (Fsp3) is 0.500. The van der Waals surface area contributed by atoms with E-state index in [1.807, 2.05) is 42.2 Å². The van der Waals surface area contributed by atoms with Gasteiger partial charge in [0, 0.05) is 24.2 Å². The fourth-order valence-electron chi connectivity index (χ4n) is 4.17. The first-order valence-electron chi connectivity index (χ1n) is 9.16. The van der Waals surface area contributed by atoms with Crippen molar-refractivity contribution in [3.63, 3.8) is 0 Å². The van der Waals surface area contributed by atoms with Gasteiger partial charge in [-0.25, -0.2) is 4.79 Å². The number of carbonyl (C=O) groups is 1. The number of urea groups is 1. The predicted molar refractivity (Wildman–Crippen MR) is 101 cm³/mol. The second-order valence-electron chi connectivity index (χ2n) is 7.73. The van der Waals surface area contributed by atoms with E-state index in [4.69, 9.17) is 0 Å². The number of fused-ring (bicyclic) bond motifs is 1. The average molecular weight is 338 g/mol. The quantitative estimate of drug-likeness (QED) is 0.866. The molecule has 0 aliphatic carbocycles. The van der Waals surface area contributed by atoms with E-state index >= 15 is 0 Å². The van der Waals surface area contributed by atoms with Gasteiger partial charge in [0.25, 0.3) is 0 Å². The number of aromatic nitrogens is 1. The molecule has 0 atom stereocenters. The van der Waals surface area contributed by atoms with E-state index in [0.29, 0.717) is 5.41 Å². The first-order valence-corrected chi connectivity index (χ1v) is 9.16. The highest BCUT2D eigenvalue weighted by Gasteiger charge is 2.41. The van der Waals surface area contributed by atoms with E-state index in [-0.39, 0.29) is 6.03 Å². The molecule has 1 N–H and O–H groups in total. The van der Waals surface area contributed by atoms with Crippen LogP contribution in [0.3, 0.4) is 0 Å². The molecule has 2 aliphatic rings. The summed E-state index contributed by atoms with van der Waals surface area (Å²) in [6, 6.07) is 9.94. The minimum atomic E-state index is 0.0175. The van der Waals surface area contributed by atoms with Crippen molar-refractivity contribution in [2.24, 2.45) is 5.41 Å². The Morgan fingerprint density at radius 3 is 2.68 bits per heavy atom. The maximum Gasteiger partial charge on any atom is 0.321 e. The van der Waals surface area contributed by atoms with Gasteiger partial charge in [0.15, 0.2) is 0 Å². The Hall–Kier alpha value is -2.14. The van der Waals surface area contributed by atoms with Crippen LogP contribution in [0.1, 0.15) is 25.0 Å². The minimum Gasteiger partial charge on any atom is -0.324 e. The van der Waals surface area contributed by atoms with Gasteiger partial charge >= 0.3 is 6.03 Å². The molecule has 132 valence electrons. The molecule has 5 heteroatoms. The minimum absolute atomic E-state index is 0.0175. The highest BCUT2D eigenvalue weighted by molar-refractivity contribution is 6.00. The number of hydrogen-bond donors (Lipinski definition) is 1. The molecule has 1 aromatic heterocycles. The average Bonchev–Trinajstić information content (AvgIpc) is 3.02. The third kappa shape index (κ3) is 3.21. The molecule has 0 saturated carbocycles. The number of aryl methyl sites for hydroxylation is 1. The highest BCUT2D eigenvalue weighted by atomic mass is 16.2. The standard InChI is InChI=1S/C20H26N4O/c1-15-6-7-16-17(21-15)4-3-5-18(16)22-19(25)24-13-10-20(14-24)8-11-23(2)12-9-20/h3-7H,8-14H2,1-2H3,(H,22,25). The van der Waals surface area contributed by atoms with E-state index in [1.165, 1.54) is 12.8 Å². The summed E-state index contributed by atoms with van der Waals surface area (Å²) >= 11 is 0. The number of pyridine rings is 1. The van der Waals surface area contributed by atoms with Crippen molar-refractivity contribution in [1.82, 2.24) is 14.8 Å². The summed E-state index contributed by atoms with van der Waals surface area (Å²) in [6.07, 6.45) is 3.53. The van der Waals surface area contributed by atoms with Gasteiger partial charge in [0.05, 0.1) is 11.2 Å². The number of likely N-dealkylation sites (tertiary alicyclic amines) is 2. The SMILES string of the molecule is Cc1ccc2c(NC(=O)N3CCC4(CCN(C)CC4)C3)cccc2n1. The van der Waals surface area contributed by atoms with Gasteiger partial charge in [-0.1, -0.05) is 6.07 Å². The monoisotopic (exact) mass is 338 g/mol. The molecule has 0 unspecified atom stereocenters. The molecule has 1 aromatic carbocycles. The number of nitrogens with one attached hydrogen (secondary N) is 1. The van der Waals surface area contributed by atoms with Crippen molar-refractivity contribution in [2.75, 3.05) is 38.5 Å². The topological polar surface area (TPSA) is 48.5 Å². The van der Waals surface area contributed by atoms with E-state index in [1.54, 1.807) is 0 Å². The summed E-state index contributed by atoms with van der Waals surface area (Å²) in [5.41, 5.74) is 3.09. The zero-order valence-corrected chi connectivity index (χ0v) is 15.1. The number of carbonyl (C=O) groups excluding carboxylic acids is 1. The molecule has 2 saturated heterocycles. The Morgan fingerprint density at radius 2 is 1.88 bits per heavy atom. The maximum atomic E-state index is 12.8. The number of nitrogens with zero attached hydrogens (tertiary/aromatic N) is 3. The van der Waals surface area contributed by atoms with E-state index in [2.05, 4.69) is 22.2 Å². The molecule has 2 fully saturated rings. The molecule has 3 heterocycles. The van der Waals surface area contributed by atoms with Crippen LogP contribution in [0.4, 0.5) is 10.5 Å². The van der Waals surface area contributed by atoms with Gasteiger partial charge in [-0.05, 0) is 76.0 Å². The van der Waals surface area contributed by atoms with Gasteiger partial charge in [-0.15, -0.1) is 0 Å². The van der Waals surface area contributed by atoms with Crippen LogP contribution in [0.25, 0.3) is 10.9 Å². The Labute approximate surface area is 149 Å². The molecule has 2 aliphatic heterocycles. The maximum absolute atomic E-state index is 12.8. The highest BCUT2D eigenvalue weighted by Crippen LogP contribution is 2.40. The first kappa shape index (κ1) is 16.3. The zero-order valence-electron chi connectivity index (χ0n) is 15.1. The van der Waals surface area contributed by atoms with Crippen LogP contribution >= 0.6 is 0 Å². The van der Waals surface area contributed by atoms with Crippen LogP contribution in [0.2, 0.25) is 0 Å². The molecule has 4 rings (SSSR count). The van der Waals surface area contributed by atoms with Crippen LogP contribution in [0.15, 0.2) is 30.3 Å². The van der Waals surface area contributed by atoms with Crippen LogP contribution in [-0.2, 0) is 0 Å². The van der Waals surface area contributed by atoms with Crippen LogP contribution in [-0.4, -0.2) is 54.0 Å². The van der Waals surface area contributed by atoms with Gasteiger partial charge in [0.2, 0.25) is 0 Å². The van der Waals surface area contributed by atoms with Gasteiger partial charge < -0.3 is 15.1 Å². The Morgan fingerprint density at radius 1 is 1.12 bits per heavy atom. The largest absolute Gasteiger partial charge is 0.324 e. The van der Waals surface area contributed by atoms with Crippen molar-refractivity contribution in [2.45, 2.75) is 26.2 Å². The molecule has 0 bridgehead atoms. The Balaban J connectivity index is 1.48. The van der Waals surface area contributed by atoms with Crippen LogP contribution in [0, 0.1) is 12.3 Å². The molecule has 5 nitrogen and oxygen atoms in total. The van der Waals surface area contributed by atoms with E-state index in [9.17, 15) is 4.79 Å². The second-order valence-corrected chi connectivity index (χ2v) is 7.73. The van der Waals surface area contributed by atoms with Crippen molar-refractivity contribution < 1.29 is 4.79 Å². The molecule has 2 amide bonds. The third-order valence-corrected chi connectivity index (χ3v) is 5.89. The predicted octanol–water partition coefficient (Wildman–Crippen LogP) is 3.49. The van der Waals surface area contributed by atoms with Crippen LogP contribution in [0.5, 0.6) is 0 Å². The van der Waals surface area contributed by atoms with E-state index in [0.717, 1.165) is 54.9 Å². The summed E-state index contributed by atoms with van der Waals surface area (Å²) in [4.78, 5) is 21.7. The van der Waals surface area contributed by atoms with Crippen molar-refractivity contribution in [3.05, 3.63) is 36.0 Å². The summed E-state index contributed by atoms with van der Waals surface area (Å²) < 4.78 is 0. The zero-order chi connectivity index (χ0) is 17.4. The Kier molecular flexibility index (Phi) is 4.12. The molecule has 1 spiro atoms. The summed E-state index contributed by atoms with van der Waals surface area (Å²) in [6.45, 7) is 6.01. The van der Waals surface area contributed by atoms with Crippen molar-refractivity contribution in [1.29, 1.82) is 0 Å². The van der Waals surface area contributed by atoms with Crippen LogP contribution < -0.4 is 5.32 Å². The molecule has 0 radical (unpaired) electrons. The van der Waals surface area contributed by atoms with E-state index < -0.39 is 0 Å². The smallest absolute Gasteiger partial charge is 0.321 e. The lowest BCUT2D eigenvalue weighted by atomic mass is 9.78.